The van der Waals surface area contributed by atoms with Gasteiger partial charge in [-0.3, -0.25) is 4.79 Å². The quantitative estimate of drug-likeness (QED) is 0.781. The molecule has 3 rings (SSSR count). The van der Waals surface area contributed by atoms with Crippen LogP contribution in [0.5, 0.6) is 5.75 Å². The highest BCUT2D eigenvalue weighted by Gasteiger charge is 2.35. The van der Waals surface area contributed by atoms with Gasteiger partial charge in [0.15, 0.2) is 9.84 Å². The number of benzene rings is 2. The first-order valence-corrected chi connectivity index (χ1v) is 10.3. The maximum Gasteiger partial charge on any atom is 0.227 e. The SMILES string of the molecule is CCOc1ccc(CC(=O)N2CCC(S(=O)(=O)c3ccccc3)C2)cc1. The van der Waals surface area contributed by atoms with E-state index in [0.717, 1.165) is 11.3 Å². The first-order chi connectivity index (χ1) is 12.5. The molecule has 0 bridgehead atoms. The number of amides is 1. The second-order valence-corrected chi connectivity index (χ2v) is 8.59. The van der Waals surface area contributed by atoms with Crippen LogP contribution in [0.2, 0.25) is 0 Å². The maximum atomic E-state index is 12.7. The van der Waals surface area contributed by atoms with Gasteiger partial charge in [0.2, 0.25) is 5.91 Å². The van der Waals surface area contributed by atoms with Crippen LogP contribution >= 0.6 is 0 Å². The molecule has 0 N–H and O–H groups in total. The molecule has 5 nitrogen and oxygen atoms in total. The molecule has 0 saturated carbocycles. The monoisotopic (exact) mass is 373 g/mol. The van der Waals surface area contributed by atoms with Crippen LogP contribution in [-0.4, -0.2) is 44.2 Å². The fourth-order valence-electron chi connectivity index (χ4n) is 3.17. The summed E-state index contributed by atoms with van der Waals surface area (Å²) in [7, 11) is -3.40. The summed E-state index contributed by atoms with van der Waals surface area (Å²) in [5.74, 6) is 0.735. The Balaban J connectivity index is 1.62. The molecule has 1 unspecified atom stereocenters. The molecule has 1 fully saturated rings. The van der Waals surface area contributed by atoms with E-state index >= 15 is 0 Å². The lowest BCUT2D eigenvalue weighted by Crippen LogP contribution is -2.32. The average molecular weight is 373 g/mol. The van der Waals surface area contributed by atoms with E-state index in [1.54, 1.807) is 35.2 Å². The smallest absolute Gasteiger partial charge is 0.227 e. The number of sulfone groups is 1. The van der Waals surface area contributed by atoms with Crippen molar-refractivity contribution in [2.75, 3.05) is 19.7 Å². The Morgan fingerprint density at radius 2 is 1.81 bits per heavy atom. The highest BCUT2D eigenvalue weighted by molar-refractivity contribution is 7.92. The van der Waals surface area contributed by atoms with Crippen molar-refractivity contribution in [1.29, 1.82) is 0 Å². The van der Waals surface area contributed by atoms with Gasteiger partial charge in [0.05, 0.1) is 23.2 Å². The second kappa shape index (κ2) is 7.91. The Kier molecular flexibility index (Phi) is 5.61. The molecule has 2 aromatic carbocycles. The lowest BCUT2D eigenvalue weighted by Gasteiger charge is -2.17. The van der Waals surface area contributed by atoms with E-state index in [1.807, 2.05) is 31.2 Å². The second-order valence-electron chi connectivity index (χ2n) is 6.36. The Bertz CT molecular complexity index is 847. The third-order valence-corrected chi connectivity index (χ3v) is 6.79. The predicted octanol–water partition coefficient (Wildman–Crippen LogP) is 2.70. The van der Waals surface area contributed by atoms with Crippen LogP contribution in [0.4, 0.5) is 0 Å². The van der Waals surface area contributed by atoms with Crippen molar-refractivity contribution in [3.8, 4) is 5.75 Å². The highest BCUT2D eigenvalue weighted by atomic mass is 32.2. The molecule has 1 atom stereocenters. The van der Waals surface area contributed by atoms with E-state index in [9.17, 15) is 13.2 Å². The summed E-state index contributed by atoms with van der Waals surface area (Å²) in [5.41, 5.74) is 0.896. The molecular formula is C20H23NO4S. The minimum Gasteiger partial charge on any atom is -0.494 e. The van der Waals surface area contributed by atoms with Crippen LogP contribution in [0, 0.1) is 0 Å². The van der Waals surface area contributed by atoms with E-state index in [0.29, 0.717) is 24.5 Å². The first kappa shape index (κ1) is 18.5. The van der Waals surface area contributed by atoms with Crippen LogP contribution < -0.4 is 4.74 Å². The number of nitrogens with zero attached hydrogens (tertiary/aromatic N) is 1. The molecule has 2 aromatic rings. The summed E-state index contributed by atoms with van der Waals surface area (Å²) < 4.78 is 30.8. The normalized spacial score (nSPS) is 17.3. The van der Waals surface area contributed by atoms with Gasteiger partial charge in [-0.1, -0.05) is 30.3 Å². The average Bonchev–Trinajstić information content (AvgIpc) is 3.15. The van der Waals surface area contributed by atoms with Gasteiger partial charge < -0.3 is 9.64 Å². The van der Waals surface area contributed by atoms with Gasteiger partial charge in [-0.25, -0.2) is 8.42 Å². The summed E-state index contributed by atoms with van der Waals surface area (Å²) in [6.07, 6.45) is 0.747. The van der Waals surface area contributed by atoms with E-state index in [4.69, 9.17) is 4.74 Å². The minimum atomic E-state index is -3.40. The van der Waals surface area contributed by atoms with Gasteiger partial charge in [-0.05, 0) is 43.2 Å². The van der Waals surface area contributed by atoms with Crippen LogP contribution in [0.1, 0.15) is 18.9 Å². The molecule has 1 saturated heterocycles. The van der Waals surface area contributed by atoms with Crippen molar-refractivity contribution < 1.29 is 17.9 Å². The summed E-state index contributed by atoms with van der Waals surface area (Å²) >= 11 is 0. The zero-order valence-electron chi connectivity index (χ0n) is 14.8. The standard InChI is InChI=1S/C20H23NO4S/c1-2-25-17-10-8-16(9-11-17)14-20(22)21-13-12-19(15-21)26(23,24)18-6-4-3-5-7-18/h3-11,19H,2,12-15H2,1H3. The van der Waals surface area contributed by atoms with E-state index < -0.39 is 15.1 Å². The fraction of sp³-hybridized carbons (Fsp3) is 0.350. The minimum absolute atomic E-state index is 0.0417. The van der Waals surface area contributed by atoms with Crippen LogP contribution in [0.25, 0.3) is 0 Å². The molecule has 138 valence electrons. The summed E-state index contributed by atoms with van der Waals surface area (Å²) in [6, 6.07) is 15.9. The summed E-state index contributed by atoms with van der Waals surface area (Å²) in [4.78, 5) is 14.5. The molecule has 6 heteroatoms. The number of likely N-dealkylation sites (tertiary alicyclic amines) is 1. The third-order valence-electron chi connectivity index (χ3n) is 4.60. The van der Waals surface area contributed by atoms with Gasteiger partial charge in [-0.15, -0.1) is 0 Å². The molecule has 0 aromatic heterocycles. The van der Waals surface area contributed by atoms with E-state index in [-0.39, 0.29) is 18.9 Å². The Hall–Kier alpha value is -2.34. The number of hydrogen-bond donors (Lipinski definition) is 0. The van der Waals surface area contributed by atoms with Crippen molar-refractivity contribution in [2.45, 2.75) is 29.9 Å². The third kappa shape index (κ3) is 4.07. The lowest BCUT2D eigenvalue weighted by molar-refractivity contribution is -0.129. The fourth-order valence-corrected chi connectivity index (χ4v) is 4.88. The Morgan fingerprint density at radius 3 is 2.46 bits per heavy atom. The van der Waals surface area contributed by atoms with Crippen LogP contribution in [0.3, 0.4) is 0 Å². The molecule has 1 aliphatic rings. The molecule has 26 heavy (non-hydrogen) atoms. The van der Waals surface area contributed by atoms with Gasteiger partial charge in [0, 0.05) is 13.1 Å². The van der Waals surface area contributed by atoms with Crippen molar-refractivity contribution in [2.24, 2.45) is 0 Å². The largest absolute Gasteiger partial charge is 0.494 e. The number of carbonyl (C=O) groups excluding carboxylic acids is 1. The van der Waals surface area contributed by atoms with Gasteiger partial charge in [0.1, 0.15) is 5.75 Å². The summed E-state index contributed by atoms with van der Waals surface area (Å²) in [6.45, 7) is 3.26. The lowest BCUT2D eigenvalue weighted by atomic mass is 10.1. The molecule has 0 radical (unpaired) electrons. The summed E-state index contributed by atoms with van der Waals surface area (Å²) in [5, 5.41) is -0.533. The van der Waals surface area contributed by atoms with Gasteiger partial charge in [-0.2, -0.15) is 0 Å². The predicted molar refractivity (Wildman–Crippen MR) is 99.9 cm³/mol. The number of ether oxygens (including phenoxy) is 1. The van der Waals surface area contributed by atoms with Gasteiger partial charge >= 0.3 is 0 Å². The highest BCUT2D eigenvalue weighted by Crippen LogP contribution is 2.24. The Morgan fingerprint density at radius 1 is 1.12 bits per heavy atom. The molecule has 1 aliphatic heterocycles. The molecular weight excluding hydrogens is 350 g/mol. The molecule has 1 heterocycles. The molecule has 1 amide bonds. The maximum absolute atomic E-state index is 12.7. The zero-order chi connectivity index (χ0) is 18.6. The topological polar surface area (TPSA) is 63.7 Å². The van der Waals surface area contributed by atoms with E-state index in [1.165, 1.54) is 0 Å². The van der Waals surface area contributed by atoms with Gasteiger partial charge in [0.25, 0.3) is 0 Å². The number of rotatable bonds is 6. The first-order valence-electron chi connectivity index (χ1n) is 8.79. The van der Waals surface area contributed by atoms with Crippen LogP contribution in [0.15, 0.2) is 59.5 Å². The molecule has 0 aliphatic carbocycles. The van der Waals surface area contributed by atoms with E-state index in [2.05, 4.69) is 0 Å². The van der Waals surface area contributed by atoms with Crippen molar-refractivity contribution >= 4 is 15.7 Å². The van der Waals surface area contributed by atoms with Crippen molar-refractivity contribution in [3.05, 3.63) is 60.2 Å². The zero-order valence-corrected chi connectivity index (χ0v) is 15.6. The van der Waals surface area contributed by atoms with Crippen LogP contribution in [-0.2, 0) is 21.1 Å². The van der Waals surface area contributed by atoms with Crippen molar-refractivity contribution in [3.63, 3.8) is 0 Å². The molecule has 0 spiro atoms. The number of carbonyl (C=O) groups is 1. The number of hydrogen-bond acceptors (Lipinski definition) is 4. The van der Waals surface area contributed by atoms with Crippen molar-refractivity contribution in [1.82, 2.24) is 4.90 Å². The Labute approximate surface area is 154 Å².